The van der Waals surface area contributed by atoms with Crippen molar-refractivity contribution in [3.63, 3.8) is 0 Å². The lowest BCUT2D eigenvalue weighted by molar-refractivity contribution is -0.115. The molecule has 1 amide bonds. The summed E-state index contributed by atoms with van der Waals surface area (Å²) in [6, 6.07) is 22.2. The maximum Gasteiger partial charge on any atom is 0.237 e. The number of hydrogen-bond donors (Lipinski definition) is 2. The molecule has 1 aliphatic heterocycles. The minimum Gasteiger partial charge on any atom is -0.326 e. The van der Waals surface area contributed by atoms with E-state index >= 15 is 0 Å². The van der Waals surface area contributed by atoms with Gasteiger partial charge in [0.2, 0.25) is 5.91 Å². The van der Waals surface area contributed by atoms with Gasteiger partial charge in [0.05, 0.1) is 10.9 Å². The van der Waals surface area contributed by atoms with Gasteiger partial charge >= 0.3 is 0 Å². The maximum absolute atomic E-state index is 11.9. The minimum atomic E-state index is -0.0483. The van der Waals surface area contributed by atoms with E-state index in [1.807, 2.05) is 37.3 Å². The van der Waals surface area contributed by atoms with Gasteiger partial charge in [-0.2, -0.15) is 0 Å². The average Bonchev–Trinajstić information content (AvgIpc) is 2.68. The summed E-state index contributed by atoms with van der Waals surface area (Å²) in [6.45, 7) is 1.92. The molecule has 0 radical (unpaired) electrons. The van der Waals surface area contributed by atoms with Crippen LogP contribution in [0.2, 0.25) is 5.02 Å². The molecule has 3 aromatic rings. The van der Waals surface area contributed by atoms with Crippen molar-refractivity contribution in [1.82, 2.24) is 0 Å². The number of rotatable bonds is 4. The number of fused-ring (bicyclic) bond motifs is 1. The second-order valence-corrected chi connectivity index (χ2v) is 8.89. The van der Waals surface area contributed by atoms with Crippen LogP contribution >= 0.6 is 35.3 Å². The van der Waals surface area contributed by atoms with Crippen molar-refractivity contribution in [2.75, 3.05) is 10.0 Å². The monoisotopic (exact) mass is 412 g/mol. The third-order valence-electron chi connectivity index (χ3n) is 4.23. The molecule has 0 aliphatic carbocycles. The third-order valence-corrected chi connectivity index (χ3v) is 6.50. The summed E-state index contributed by atoms with van der Waals surface area (Å²) in [7, 11) is 0. The lowest BCUT2D eigenvalue weighted by Crippen LogP contribution is -2.26. The summed E-state index contributed by atoms with van der Waals surface area (Å²) in [4.78, 5) is 14.1. The molecule has 1 atom stereocenters. The molecule has 0 saturated carbocycles. The van der Waals surface area contributed by atoms with E-state index in [1.54, 1.807) is 23.7 Å². The molecule has 3 aromatic carbocycles. The maximum atomic E-state index is 11.9. The average molecular weight is 413 g/mol. The van der Waals surface area contributed by atoms with Gasteiger partial charge in [0.25, 0.3) is 0 Å². The Kier molecular flexibility index (Phi) is 5.34. The standard InChI is InChI=1S/C21H17ClN2OS2/c1-13-21(25)23-19-12-15(4-11-20(19)26-13)14-2-9-18(10-3-14)27-24-17-7-5-16(22)6-8-17/h2-13,24H,1H3,(H,23,25). The SMILES string of the molecule is CC1Sc2ccc(-c3ccc(SNc4ccc(Cl)cc4)cc3)cc2NC1=O. The minimum absolute atomic E-state index is 0.0483. The van der Waals surface area contributed by atoms with Gasteiger partial charge in [0.15, 0.2) is 0 Å². The molecule has 1 unspecified atom stereocenters. The molecule has 0 spiro atoms. The number of nitrogens with one attached hydrogen (secondary N) is 2. The van der Waals surface area contributed by atoms with Gasteiger partial charge in [-0.3, -0.25) is 4.79 Å². The first-order valence-electron chi connectivity index (χ1n) is 8.49. The molecular formula is C21H17ClN2OS2. The normalized spacial score (nSPS) is 15.8. The van der Waals surface area contributed by atoms with Crippen molar-refractivity contribution in [1.29, 1.82) is 0 Å². The second kappa shape index (κ2) is 7.89. The van der Waals surface area contributed by atoms with Gasteiger partial charge in [0.1, 0.15) is 0 Å². The van der Waals surface area contributed by atoms with Crippen LogP contribution in [0.15, 0.2) is 76.5 Å². The number of carbonyl (C=O) groups excluding carboxylic acids is 1. The fourth-order valence-corrected chi connectivity index (χ4v) is 4.44. The summed E-state index contributed by atoms with van der Waals surface area (Å²) < 4.78 is 3.31. The van der Waals surface area contributed by atoms with E-state index in [-0.39, 0.29) is 11.2 Å². The Morgan fingerprint density at radius 1 is 1.00 bits per heavy atom. The molecule has 0 aromatic heterocycles. The smallest absolute Gasteiger partial charge is 0.237 e. The van der Waals surface area contributed by atoms with Crippen LogP contribution in [0, 0.1) is 0 Å². The van der Waals surface area contributed by atoms with Crippen molar-refractivity contribution in [3.8, 4) is 11.1 Å². The molecule has 2 N–H and O–H groups in total. The van der Waals surface area contributed by atoms with E-state index in [1.165, 1.54) is 0 Å². The Labute approximate surface area is 172 Å². The van der Waals surface area contributed by atoms with Crippen LogP contribution in [0.1, 0.15) is 6.92 Å². The van der Waals surface area contributed by atoms with Crippen molar-refractivity contribution >= 4 is 52.6 Å². The van der Waals surface area contributed by atoms with Gasteiger partial charge in [0, 0.05) is 20.5 Å². The fraction of sp³-hybridized carbons (Fsp3) is 0.0952. The number of hydrogen-bond acceptors (Lipinski definition) is 4. The predicted octanol–water partition coefficient (Wildman–Crippen LogP) is 6.56. The predicted molar refractivity (Wildman–Crippen MR) is 117 cm³/mol. The van der Waals surface area contributed by atoms with Gasteiger partial charge < -0.3 is 10.0 Å². The molecule has 1 heterocycles. The molecule has 1 aliphatic rings. The molecule has 0 saturated heterocycles. The van der Waals surface area contributed by atoms with Crippen molar-refractivity contribution in [3.05, 3.63) is 71.8 Å². The van der Waals surface area contributed by atoms with Crippen LogP contribution in [-0.2, 0) is 4.79 Å². The highest BCUT2D eigenvalue weighted by Crippen LogP contribution is 2.38. The molecule has 0 fully saturated rings. The summed E-state index contributed by atoms with van der Waals surface area (Å²) in [5.74, 6) is 0.0599. The lowest BCUT2D eigenvalue weighted by Gasteiger charge is -2.22. The van der Waals surface area contributed by atoms with E-state index in [2.05, 4.69) is 46.4 Å². The summed E-state index contributed by atoms with van der Waals surface area (Å²) in [6.07, 6.45) is 0. The van der Waals surface area contributed by atoms with E-state index in [9.17, 15) is 4.79 Å². The number of amides is 1. The molecule has 27 heavy (non-hydrogen) atoms. The largest absolute Gasteiger partial charge is 0.326 e. The van der Waals surface area contributed by atoms with Gasteiger partial charge in [-0.15, -0.1) is 11.8 Å². The van der Waals surface area contributed by atoms with Crippen LogP contribution in [0.3, 0.4) is 0 Å². The number of halogens is 1. The lowest BCUT2D eigenvalue weighted by atomic mass is 10.1. The second-order valence-electron chi connectivity index (χ2n) is 6.20. The van der Waals surface area contributed by atoms with Crippen molar-refractivity contribution in [2.45, 2.75) is 22.0 Å². The molecular weight excluding hydrogens is 396 g/mol. The topological polar surface area (TPSA) is 41.1 Å². The molecule has 4 rings (SSSR count). The zero-order valence-corrected chi connectivity index (χ0v) is 16.9. The first-order valence-corrected chi connectivity index (χ1v) is 10.6. The first-order chi connectivity index (χ1) is 13.1. The van der Waals surface area contributed by atoms with Gasteiger partial charge in [-0.05, 0) is 78.5 Å². The van der Waals surface area contributed by atoms with E-state index in [0.717, 1.165) is 37.3 Å². The Balaban J connectivity index is 1.47. The van der Waals surface area contributed by atoms with Gasteiger partial charge in [-0.1, -0.05) is 29.8 Å². The van der Waals surface area contributed by atoms with E-state index < -0.39 is 0 Å². The number of benzene rings is 3. The van der Waals surface area contributed by atoms with Gasteiger partial charge in [-0.25, -0.2) is 0 Å². The quantitative estimate of drug-likeness (QED) is 0.476. The third kappa shape index (κ3) is 4.26. The summed E-state index contributed by atoms with van der Waals surface area (Å²) in [5.41, 5.74) is 4.10. The summed E-state index contributed by atoms with van der Waals surface area (Å²) in [5, 5.41) is 3.67. The van der Waals surface area contributed by atoms with Crippen LogP contribution in [0.25, 0.3) is 11.1 Å². The molecule has 6 heteroatoms. The Morgan fingerprint density at radius 2 is 1.70 bits per heavy atom. The molecule has 0 bridgehead atoms. The first kappa shape index (κ1) is 18.3. The van der Waals surface area contributed by atoms with Crippen LogP contribution in [0.5, 0.6) is 0 Å². The fourth-order valence-electron chi connectivity index (χ4n) is 2.74. The summed E-state index contributed by atoms with van der Waals surface area (Å²) >= 11 is 9.06. The zero-order valence-electron chi connectivity index (χ0n) is 14.5. The van der Waals surface area contributed by atoms with Crippen LogP contribution < -0.4 is 10.0 Å². The number of thioether (sulfide) groups is 1. The van der Waals surface area contributed by atoms with Crippen LogP contribution in [0.4, 0.5) is 11.4 Å². The highest BCUT2D eigenvalue weighted by atomic mass is 35.5. The molecule has 136 valence electrons. The number of anilines is 2. The Morgan fingerprint density at radius 3 is 2.44 bits per heavy atom. The Bertz CT molecular complexity index is 974. The highest BCUT2D eigenvalue weighted by molar-refractivity contribution is 8.01. The highest BCUT2D eigenvalue weighted by Gasteiger charge is 2.23. The number of carbonyl (C=O) groups is 1. The van der Waals surface area contributed by atoms with Crippen molar-refractivity contribution < 1.29 is 4.79 Å². The van der Waals surface area contributed by atoms with E-state index in [4.69, 9.17) is 11.6 Å². The van der Waals surface area contributed by atoms with E-state index in [0.29, 0.717) is 0 Å². The van der Waals surface area contributed by atoms with Crippen molar-refractivity contribution in [2.24, 2.45) is 0 Å². The Hall–Kier alpha value is -2.08. The zero-order chi connectivity index (χ0) is 18.8. The van der Waals surface area contributed by atoms with Crippen LogP contribution in [-0.4, -0.2) is 11.2 Å². The molecule has 3 nitrogen and oxygen atoms in total.